The van der Waals surface area contributed by atoms with Crippen LogP contribution in [0.15, 0.2) is 36.7 Å². The van der Waals surface area contributed by atoms with Gasteiger partial charge < -0.3 is 20.4 Å². The zero-order valence-electron chi connectivity index (χ0n) is 20.0. The summed E-state index contributed by atoms with van der Waals surface area (Å²) < 4.78 is 14.4. The third-order valence-corrected chi connectivity index (χ3v) is 5.96. The van der Waals surface area contributed by atoms with Gasteiger partial charge in [-0.05, 0) is 40.4 Å². The Morgan fingerprint density at radius 1 is 1.24 bits per heavy atom. The van der Waals surface area contributed by atoms with E-state index in [1.165, 1.54) is 6.33 Å². The van der Waals surface area contributed by atoms with Gasteiger partial charge in [0.05, 0.1) is 29.5 Å². The molecule has 1 aliphatic heterocycles. The first-order chi connectivity index (χ1) is 15.7. The van der Waals surface area contributed by atoms with Crippen LogP contribution in [-0.4, -0.2) is 56.6 Å². The summed E-state index contributed by atoms with van der Waals surface area (Å²) in [5.74, 6) is -0.0404. The molecule has 0 saturated heterocycles. The maximum Gasteiger partial charge on any atom is 0.319 e. The second-order valence-corrected chi connectivity index (χ2v) is 8.99. The van der Waals surface area contributed by atoms with Crippen LogP contribution in [0.25, 0.3) is 0 Å². The van der Waals surface area contributed by atoms with E-state index in [2.05, 4.69) is 30.8 Å². The molecule has 0 aliphatic carbocycles. The molecule has 3 heterocycles. The van der Waals surface area contributed by atoms with Crippen LogP contribution in [0.3, 0.4) is 0 Å². The summed E-state index contributed by atoms with van der Waals surface area (Å²) in [5.41, 5.74) is 2.25. The fraction of sp³-hybridized carbons (Fsp3) is 0.391. The van der Waals surface area contributed by atoms with E-state index in [1.807, 2.05) is 63.2 Å². The molecule has 0 unspecified atom stereocenters. The lowest BCUT2D eigenvalue weighted by Gasteiger charge is -2.34. The molecule has 3 N–H and O–H groups in total. The van der Waals surface area contributed by atoms with Gasteiger partial charge >= 0.3 is 6.03 Å². The molecule has 0 bridgehead atoms. The first-order valence-corrected chi connectivity index (χ1v) is 10.8. The highest BCUT2D eigenvalue weighted by atomic mass is 32.1. The molecule has 0 spiro atoms. The molecule has 182 valence electrons. The molecule has 0 fully saturated rings. The molecule has 4 rings (SSSR count). The third-order valence-electron chi connectivity index (χ3n) is 5.96. The monoisotopic (exact) mass is 486 g/mol. The number of anilines is 2. The van der Waals surface area contributed by atoms with Gasteiger partial charge in [-0.2, -0.15) is 18.6 Å². The van der Waals surface area contributed by atoms with Gasteiger partial charge in [0, 0.05) is 12.1 Å². The standard InChI is InChI=1S/C23H29FN8O.H2S/c1-14-18(24)21(26-13-25-14)28-20-16-11-32(23(2,3)19(16)29-30-20)22(33)27-17(12-31(4)5)15-9-7-6-8-10-15;/h6-10,13,17H,11-12H2,1-5H3,(H,27,33)(H2,25,26,28,29,30);1H2/t17-;/m1./s1. The number of likely N-dealkylation sites (N-methyl/N-ethyl adjacent to an activating group) is 1. The Kier molecular flexibility index (Phi) is 7.47. The number of fused-ring (bicyclic) bond motifs is 1. The SMILES string of the molecule is Cc1ncnc(Nc2n[nH]c3c2CN(C(=O)N[C@H](CN(C)C)c2ccccc2)C3(C)C)c1F.S. The number of rotatable bonds is 6. The summed E-state index contributed by atoms with van der Waals surface area (Å²) in [7, 11) is 3.95. The zero-order valence-corrected chi connectivity index (χ0v) is 21.0. The number of aromatic amines is 1. The van der Waals surface area contributed by atoms with Gasteiger partial charge in [0.25, 0.3) is 0 Å². The van der Waals surface area contributed by atoms with E-state index < -0.39 is 11.4 Å². The number of nitrogens with one attached hydrogen (secondary N) is 3. The van der Waals surface area contributed by atoms with Crippen molar-refractivity contribution < 1.29 is 9.18 Å². The number of benzene rings is 1. The molecular weight excluding hydrogens is 455 g/mol. The minimum absolute atomic E-state index is 0. The Morgan fingerprint density at radius 2 is 1.94 bits per heavy atom. The van der Waals surface area contributed by atoms with Crippen LogP contribution in [0, 0.1) is 12.7 Å². The number of aromatic nitrogens is 4. The van der Waals surface area contributed by atoms with Crippen LogP contribution in [0.2, 0.25) is 0 Å². The first-order valence-electron chi connectivity index (χ1n) is 10.8. The predicted molar refractivity (Wildman–Crippen MR) is 134 cm³/mol. The second kappa shape index (κ2) is 9.98. The van der Waals surface area contributed by atoms with E-state index in [4.69, 9.17) is 0 Å². The number of hydrogen-bond donors (Lipinski definition) is 3. The molecule has 11 heteroatoms. The van der Waals surface area contributed by atoms with Crippen LogP contribution in [0.4, 0.5) is 20.8 Å². The zero-order chi connectivity index (χ0) is 23.8. The maximum absolute atomic E-state index is 14.4. The first kappa shape index (κ1) is 25.4. The Bertz CT molecular complexity index is 1150. The molecule has 1 atom stereocenters. The quantitative estimate of drug-likeness (QED) is 0.492. The summed E-state index contributed by atoms with van der Waals surface area (Å²) in [6, 6.07) is 9.55. The van der Waals surface area contributed by atoms with Crippen molar-refractivity contribution >= 4 is 31.2 Å². The summed E-state index contributed by atoms with van der Waals surface area (Å²) in [5, 5.41) is 13.5. The van der Waals surface area contributed by atoms with Crippen molar-refractivity contribution in [3.8, 4) is 0 Å². The average molecular weight is 487 g/mol. The van der Waals surface area contributed by atoms with Crippen LogP contribution in [0.1, 0.15) is 42.4 Å². The van der Waals surface area contributed by atoms with E-state index in [9.17, 15) is 9.18 Å². The van der Waals surface area contributed by atoms with Gasteiger partial charge in [0.15, 0.2) is 17.5 Å². The van der Waals surface area contributed by atoms with Crippen molar-refractivity contribution in [2.24, 2.45) is 0 Å². The lowest BCUT2D eigenvalue weighted by atomic mass is 10.0. The lowest BCUT2D eigenvalue weighted by molar-refractivity contribution is 0.138. The second-order valence-electron chi connectivity index (χ2n) is 8.99. The Hall–Kier alpha value is -3.18. The predicted octanol–water partition coefficient (Wildman–Crippen LogP) is 3.57. The smallest absolute Gasteiger partial charge is 0.319 e. The number of urea groups is 1. The maximum atomic E-state index is 14.4. The highest BCUT2D eigenvalue weighted by Gasteiger charge is 2.44. The van der Waals surface area contributed by atoms with Crippen LogP contribution in [0.5, 0.6) is 0 Å². The highest BCUT2D eigenvalue weighted by Crippen LogP contribution is 2.41. The number of H-pyrrole nitrogens is 1. The largest absolute Gasteiger partial charge is 0.330 e. The Labute approximate surface area is 205 Å². The number of nitrogens with zero attached hydrogens (tertiary/aromatic N) is 5. The van der Waals surface area contributed by atoms with Crippen LogP contribution in [-0.2, 0) is 12.1 Å². The number of carbonyl (C=O) groups is 1. The number of halogens is 1. The lowest BCUT2D eigenvalue weighted by Crippen LogP contribution is -2.48. The third kappa shape index (κ3) is 4.85. The van der Waals surface area contributed by atoms with E-state index in [0.29, 0.717) is 18.9 Å². The summed E-state index contributed by atoms with van der Waals surface area (Å²) in [4.78, 5) is 25.1. The molecule has 0 radical (unpaired) electrons. The van der Waals surface area contributed by atoms with Gasteiger partial charge in [-0.1, -0.05) is 30.3 Å². The van der Waals surface area contributed by atoms with Crippen LogP contribution < -0.4 is 10.6 Å². The molecule has 2 aromatic heterocycles. The van der Waals surface area contributed by atoms with E-state index in [1.54, 1.807) is 11.8 Å². The average Bonchev–Trinajstić information content (AvgIpc) is 3.29. The topological polar surface area (TPSA) is 102 Å². The summed E-state index contributed by atoms with van der Waals surface area (Å²) >= 11 is 0. The van der Waals surface area contributed by atoms with Crippen LogP contribution >= 0.6 is 13.5 Å². The molecule has 1 aliphatic rings. The number of hydrogen-bond acceptors (Lipinski definition) is 6. The summed E-state index contributed by atoms with van der Waals surface area (Å²) in [6.45, 7) is 6.47. The number of aryl methyl sites for hydroxylation is 1. The molecule has 0 saturated carbocycles. The minimum Gasteiger partial charge on any atom is -0.330 e. The number of carbonyl (C=O) groups excluding carboxylic acids is 1. The minimum atomic E-state index is -0.633. The molecule has 1 aromatic carbocycles. The van der Waals surface area contributed by atoms with Crippen molar-refractivity contribution in [2.45, 2.75) is 38.9 Å². The molecule has 9 nitrogen and oxygen atoms in total. The summed E-state index contributed by atoms with van der Waals surface area (Å²) in [6.07, 6.45) is 1.30. The van der Waals surface area contributed by atoms with Gasteiger partial charge in [-0.15, -0.1) is 0 Å². The van der Waals surface area contributed by atoms with Crippen molar-refractivity contribution in [1.29, 1.82) is 0 Å². The van der Waals surface area contributed by atoms with Crippen molar-refractivity contribution in [3.05, 3.63) is 65.0 Å². The fourth-order valence-electron chi connectivity index (χ4n) is 4.11. The van der Waals surface area contributed by atoms with Gasteiger partial charge in [0.1, 0.15) is 6.33 Å². The van der Waals surface area contributed by atoms with Crippen molar-refractivity contribution in [3.63, 3.8) is 0 Å². The van der Waals surface area contributed by atoms with Gasteiger partial charge in [0.2, 0.25) is 0 Å². The number of amides is 2. The van der Waals surface area contributed by atoms with Crippen molar-refractivity contribution in [1.82, 2.24) is 35.3 Å². The normalized spacial score (nSPS) is 15.0. The highest BCUT2D eigenvalue weighted by molar-refractivity contribution is 7.59. The Balaban J connectivity index is 0.00000324. The molecular formula is C23H31FN8OS. The molecule has 3 aromatic rings. The Morgan fingerprint density at radius 3 is 2.62 bits per heavy atom. The molecule has 2 amide bonds. The molecule has 34 heavy (non-hydrogen) atoms. The fourth-order valence-corrected chi connectivity index (χ4v) is 4.11. The van der Waals surface area contributed by atoms with E-state index in [-0.39, 0.29) is 37.1 Å². The van der Waals surface area contributed by atoms with Gasteiger partial charge in [-0.3, -0.25) is 5.10 Å². The van der Waals surface area contributed by atoms with Crippen molar-refractivity contribution in [2.75, 3.05) is 26.0 Å². The van der Waals surface area contributed by atoms with Gasteiger partial charge in [-0.25, -0.2) is 19.2 Å². The van der Waals surface area contributed by atoms with E-state index >= 15 is 0 Å². The van der Waals surface area contributed by atoms with E-state index in [0.717, 1.165) is 16.8 Å².